The summed E-state index contributed by atoms with van der Waals surface area (Å²) in [6, 6.07) is 10.8. The van der Waals surface area contributed by atoms with E-state index < -0.39 is 22.8 Å². The molecule has 3 aromatic heterocycles. The Morgan fingerprint density at radius 2 is 1.90 bits per heavy atom. The first-order valence-electron chi connectivity index (χ1n) is 12.4. The lowest BCUT2D eigenvalue weighted by Gasteiger charge is -2.12. The molecule has 0 spiro atoms. The molecule has 3 heterocycles. The molecular weight excluding hydrogens is 520 g/mol. The highest BCUT2D eigenvalue weighted by molar-refractivity contribution is 5.98. The van der Waals surface area contributed by atoms with Crippen LogP contribution in [-0.4, -0.2) is 43.3 Å². The van der Waals surface area contributed by atoms with Crippen LogP contribution in [0.15, 0.2) is 71.9 Å². The number of ketones is 1. The number of carbonyl (C=O) groups excluding carboxylic acids is 1. The second kappa shape index (κ2) is 11.1. The number of nitrogens with one attached hydrogen (secondary N) is 2. The molecule has 5 rings (SSSR count). The highest BCUT2D eigenvalue weighted by Gasteiger charge is 2.19. The van der Waals surface area contributed by atoms with Crippen molar-refractivity contribution < 1.29 is 23.4 Å². The molecule has 11 heteroatoms. The van der Waals surface area contributed by atoms with Crippen LogP contribution in [0.4, 0.5) is 14.6 Å². The smallest absolute Gasteiger partial charge is 0.200 e. The fourth-order valence-electron chi connectivity index (χ4n) is 4.27. The predicted octanol–water partition coefficient (Wildman–Crippen LogP) is 4.61. The Hall–Kier alpha value is -4.90. The number of carbonyl (C=O) groups is 1. The molecule has 9 nitrogen and oxygen atoms in total. The molecule has 204 valence electrons. The molecule has 0 amide bonds. The van der Waals surface area contributed by atoms with Crippen LogP contribution >= 0.6 is 0 Å². The quantitative estimate of drug-likeness (QED) is 0.231. The molecule has 0 saturated heterocycles. The summed E-state index contributed by atoms with van der Waals surface area (Å²) in [5.41, 5.74) is 0.964. The van der Waals surface area contributed by atoms with Gasteiger partial charge in [0.25, 0.3) is 0 Å². The number of nitrogens with zero attached hydrogens (tertiary/aromatic N) is 3. The van der Waals surface area contributed by atoms with Crippen molar-refractivity contribution in [2.75, 3.05) is 11.9 Å². The second-order valence-electron chi connectivity index (χ2n) is 9.39. The normalized spacial score (nSPS) is 11.9. The van der Waals surface area contributed by atoms with Crippen LogP contribution in [0.5, 0.6) is 11.5 Å². The van der Waals surface area contributed by atoms with Crippen molar-refractivity contribution in [1.29, 1.82) is 0 Å². The summed E-state index contributed by atoms with van der Waals surface area (Å²) in [5, 5.41) is 19.8. The van der Waals surface area contributed by atoms with E-state index in [2.05, 4.69) is 20.5 Å². The van der Waals surface area contributed by atoms with Gasteiger partial charge in [0.05, 0.1) is 12.2 Å². The van der Waals surface area contributed by atoms with E-state index >= 15 is 4.39 Å². The van der Waals surface area contributed by atoms with E-state index in [-0.39, 0.29) is 41.7 Å². The standard InChI is InChI=1S/C29H25F2N5O4/c1-16(15-37)33-29-26-25(9-10-32-28(26)34-35-29)40-24-8-3-17(11-22(24)31)12-23(38)21-14-36(2)13-20(27(21)39)18-4-6-19(30)7-5-18/h3-11,13-14,16,37H,12,15H2,1-2H3,(H2,32,33,34,35)/t16-/m0/s1. The first kappa shape index (κ1) is 26.7. The van der Waals surface area contributed by atoms with Gasteiger partial charge in [0.15, 0.2) is 34.2 Å². The zero-order valence-electron chi connectivity index (χ0n) is 21.6. The van der Waals surface area contributed by atoms with Gasteiger partial charge in [-0.25, -0.2) is 13.8 Å². The number of H-pyrrole nitrogens is 1. The molecule has 0 saturated carbocycles. The maximum Gasteiger partial charge on any atom is 0.200 e. The van der Waals surface area contributed by atoms with Crippen LogP contribution in [0, 0.1) is 11.6 Å². The number of anilines is 1. The SMILES string of the molecule is C[C@@H](CO)Nc1n[nH]c2nccc(Oc3ccc(CC(=O)c4cn(C)cc(-c5ccc(F)cc5)c4=O)cc3F)c12. The molecular formula is C29H25F2N5O4. The lowest BCUT2D eigenvalue weighted by molar-refractivity contribution is 0.0991. The molecule has 2 aromatic carbocycles. The monoisotopic (exact) mass is 545 g/mol. The maximum absolute atomic E-state index is 15.1. The van der Waals surface area contributed by atoms with Crippen molar-refractivity contribution in [1.82, 2.24) is 19.7 Å². The van der Waals surface area contributed by atoms with Crippen molar-refractivity contribution in [3.8, 4) is 22.6 Å². The van der Waals surface area contributed by atoms with Crippen LogP contribution in [-0.2, 0) is 13.5 Å². The van der Waals surface area contributed by atoms with Crippen molar-refractivity contribution in [3.63, 3.8) is 0 Å². The molecule has 5 aromatic rings. The Labute approximate surface area is 227 Å². The lowest BCUT2D eigenvalue weighted by Crippen LogP contribution is -2.20. The molecule has 0 unspecified atom stereocenters. The number of aliphatic hydroxyl groups is 1. The van der Waals surface area contributed by atoms with Gasteiger partial charge in [0, 0.05) is 49.7 Å². The summed E-state index contributed by atoms with van der Waals surface area (Å²) in [5.74, 6) is -1.03. The minimum atomic E-state index is -0.704. The molecule has 1 atom stereocenters. The fourth-order valence-corrected chi connectivity index (χ4v) is 4.27. The molecule has 0 aliphatic rings. The summed E-state index contributed by atoms with van der Waals surface area (Å²) in [6.07, 6.45) is 4.27. The van der Waals surface area contributed by atoms with Gasteiger partial charge in [0.2, 0.25) is 0 Å². The second-order valence-corrected chi connectivity index (χ2v) is 9.39. The van der Waals surface area contributed by atoms with E-state index in [1.807, 2.05) is 0 Å². The highest BCUT2D eigenvalue weighted by atomic mass is 19.1. The fraction of sp³-hybridized carbons (Fsp3) is 0.172. The van der Waals surface area contributed by atoms with Gasteiger partial charge in [0.1, 0.15) is 17.0 Å². The van der Waals surface area contributed by atoms with Crippen LogP contribution in [0.25, 0.3) is 22.2 Å². The number of Topliss-reactive ketones (excluding diaryl/α,β-unsaturated/α-hetero) is 1. The number of hydrogen-bond acceptors (Lipinski definition) is 7. The first-order chi connectivity index (χ1) is 19.2. The molecule has 0 fully saturated rings. The van der Waals surface area contributed by atoms with Gasteiger partial charge in [-0.05, 0) is 42.3 Å². The Kier molecular flexibility index (Phi) is 7.39. The molecule has 0 bridgehead atoms. The third kappa shape index (κ3) is 5.45. The van der Waals surface area contributed by atoms with Gasteiger partial charge in [-0.3, -0.25) is 14.7 Å². The van der Waals surface area contributed by atoms with Crippen molar-refractivity contribution in [3.05, 3.63) is 100 Å². The van der Waals surface area contributed by atoms with E-state index in [0.29, 0.717) is 28.0 Å². The number of rotatable bonds is 9. The van der Waals surface area contributed by atoms with Crippen LogP contribution in [0.2, 0.25) is 0 Å². The molecule has 3 N–H and O–H groups in total. The van der Waals surface area contributed by atoms with Crippen molar-refractivity contribution >= 4 is 22.6 Å². The Bertz CT molecular complexity index is 1770. The number of fused-ring (bicyclic) bond motifs is 1. The molecule has 40 heavy (non-hydrogen) atoms. The summed E-state index contributed by atoms with van der Waals surface area (Å²) < 4.78 is 35.9. The molecule has 0 radical (unpaired) electrons. The zero-order valence-corrected chi connectivity index (χ0v) is 21.6. The van der Waals surface area contributed by atoms with Crippen LogP contribution in [0.1, 0.15) is 22.8 Å². The van der Waals surface area contributed by atoms with Crippen molar-refractivity contribution in [2.24, 2.45) is 7.05 Å². The topological polar surface area (TPSA) is 122 Å². The number of pyridine rings is 2. The zero-order chi connectivity index (χ0) is 28.4. The van der Waals surface area contributed by atoms with E-state index in [9.17, 15) is 19.1 Å². The van der Waals surface area contributed by atoms with Gasteiger partial charge in [-0.1, -0.05) is 18.2 Å². The van der Waals surface area contributed by atoms with Crippen LogP contribution in [0.3, 0.4) is 0 Å². The highest BCUT2D eigenvalue weighted by Crippen LogP contribution is 2.34. The number of benzene rings is 2. The third-order valence-corrected chi connectivity index (χ3v) is 6.27. The van der Waals surface area contributed by atoms with E-state index in [1.165, 1.54) is 48.8 Å². The number of aryl methyl sites for hydroxylation is 1. The number of ether oxygens (including phenoxy) is 1. The number of halogens is 2. The van der Waals surface area contributed by atoms with Gasteiger partial charge >= 0.3 is 0 Å². The summed E-state index contributed by atoms with van der Waals surface area (Å²) in [7, 11) is 1.68. The minimum Gasteiger partial charge on any atom is -0.453 e. The largest absolute Gasteiger partial charge is 0.453 e. The van der Waals surface area contributed by atoms with Crippen molar-refractivity contribution in [2.45, 2.75) is 19.4 Å². The molecule has 0 aliphatic carbocycles. The Morgan fingerprint density at radius 1 is 1.12 bits per heavy atom. The third-order valence-electron chi connectivity index (χ3n) is 6.27. The van der Waals surface area contributed by atoms with E-state index in [0.717, 1.165) is 0 Å². The first-order valence-corrected chi connectivity index (χ1v) is 12.4. The number of aromatic amines is 1. The summed E-state index contributed by atoms with van der Waals surface area (Å²) >= 11 is 0. The lowest BCUT2D eigenvalue weighted by atomic mass is 9.99. The van der Waals surface area contributed by atoms with E-state index in [4.69, 9.17) is 4.74 Å². The van der Waals surface area contributed by atoms with Crippen LogP contribution < -0.4 is 15.5 Å². The summed E-state index contributed by atoms with van der Waals surface area (Å²) in [6.45, 7) is 1.65. The number of aliphatic hydroxyl groups excluding tert-OH is 1. The summed E-state index contributed by atoms with van der Waals surface area (Å²) in [4.78, 5) is 30.4. The number of aromatic nitrogens is 4. The predicted molar refractivity (Wildman–Crippen MR) is 146 cm³/mol. The molecule has 0 aliphatic heterocycles. The Morgan fingerprint density at radius 3 is 2.62 bits per heavy atom. The van der Waals surface area contributed by atoms with Gasteiger partial charge in [-0.15, -0.1) is 0 Å². The van der Waals surface area contributed by atoms with Gasteiger partial charge in [-0.2, -0.15) is 5.10 Å². The van der Waals surface area contributed by atoms with E-state index in [1.54, 1.807) is 36.9 Å². The van der Waals surface area contributed by atoms with Gasteiger partial charge < -0.3 is 19.7 Å². The average Bonchev–Trinajstić information content (AvgIpc) is 3.35. The number of hydrogen-bond donors (Lipinski definition) is 3. The average molecular weight is 546 g/mol. The minimum absolute atomic E-state index is 0.0543. The Balaban J connectivity index is 1.38. The maximum atomic E-state index is 15.1.